The molecule has 0 spiro atoms. The molecule has 2 rings (SSSR count). The first-order chi connectivity index (χ1) is 8.08. The Labute approximate surface area is 102 Å². The minimum Gasteiger partial charge on any atom is -0.355 e. The van der Waals surface area contributed by atoms with Crippen LogP contribution in [-0.4, -0.2) is 48.9 Å². The molecule has 1 aromatic heterocycles. The summed E-state index contributed by atoms with van der Waals surface area (Å²) in [6, 6.07) is 4.24. The van der Waals surface area contributed by atoms with Crippen LogP contribution >= 0.6 is 0 Å². The normalized spacial score (nSPS) is 20.0. The van der Waals surface area contributed by atoms with Gasteiger partial charge >= 0.3 is 0 Å². The van der Waals surface area contributed by atoms with Crippen LogP contribution in [-0.2, 0) is 0 Å². The zero-order valence-electron chi connectivity index (χ0n) is 10.7. The van der Waals surface area contributed by atoms with Gasteiger partial charge in [-0.25, -0.2) is 4.98 Å². The van der Waals surface area contributed by atoms with Crippen molar-refractivity contribution in [1.29, 1.82) is 0 Å². The van der Waals surface area contributed by atoms with Crippen LogP contribution in [0.2, 0.25) is 0 Å². The lowest BCUT2D eigenvalue weighted by Gasteiger charge is -2.21. The molecule has 0 amide bonds. The Morgan fingerprint density at radius 3 is 2.88 bits per heavy atom. The number of anilines is 1. The lowest BCUT2D eigenvalue weighted by atomic mass is 10.2. The molecule has 0 bridgehead atoms. The third-order valence-electron chi connectivity index (χ3n) is 3.37. The summed E-state index contributed by atoms with van der Waals surface area (Å²) in [5.74, 6) is 1.01. The van der Waals surface area contributed by atoms with Crippen LogP contribution in [0.3, 0.4) is 0 Å². The van der Waals surface area contributed by atoms with Crippen molar-refractivity contribution < 1.29 is 4.79 Å². The number of hydrogen-bond donors (Lipinski definition) is 0. The number of Topliss-reactive ketones (excluding diaryl/α,β-unsaturated/α-hetero) is 1. The second-order valence-corrected chi connectivity index (χ2v) is 4.81. The molecule has 1 atom stereocenters. The number of hydrogen-bond acceptors (Lipinski definition) is 4. The van der Waals surface area contributed by atoms with E-state index < -0.39 is 0 Å². The minimum absolute atomic E-state index is 0.0945. The number of carbonyl (C=O) groups excluding carboxylic acids is 1. The van der Waals surface area contributed by atoms with Crippen molar-refractivity contribution in [1.82, 2.24) is 9.88 Å². The van der Waals surface area contributed by atoms with Gasteiger partial charge in [-0.3, -0.25) is 4.79 Å². The molecule has 1 fully saturated rings. The summed E-state index contributed by atoms with van der Waals surface area (Å²) in [5, 5.41) is 0. The highest BCUT2D eigenvalue weighted by Crippen LogP contribution is 2.20. The van der Waals surface area contributed by atoms with E-state index in [1.807, 2.05) is 6.07 Å². The molecule has 0 aromatic carbocycles. The van der Waals surface area contributed by atoms with Crippen LogP contribution in [0.1, 0.15) is 23.7 Å². The van der Waals surface area contributed by atoms with E-state index in [1.165, 1.54) is 0 Å². The van der Waals surface area contributed by atoms with Gasteiger partial charge < -0.3 is 9.80 Å². The van der Waals surface area contributed by atoms with Crippen molar-refractivity contribution >= 4 is 11.6 Å². The summed E-state index contributed by atoms with van der Waals surface area (Å²) in [6.07, 6.45) is 2.87. The highest BCUT2D eigenvalue weighted by Gasteiger charge is 2.24. The standard InChI is InChI=1S/C13H19N3O/c1-10(17)11-4-6-14-13(8-11)16-7-5-12(9-16)15(2)3/h4,6,8,12H,5,7,9H2,1-3H3. The van der Waals surface area contributed by atoms with Gasteiger partial charge in [0.05, 0.1) is 0 Å². The van der Waals surface area contributed by atoms with Crippen LogP contribution < -0.4 is 4.90 Å². The van der Waals surface area contributed by atoms with E-state index in [2.05, 4.69) is 28.9 Å². The van der Waals surface area contributed by atoms with Crippen LogP contribution in [0.5, 0.6) is 0 Å². The maximum atomic E-state index is 11.3. The molecule has 4 heteroatoms. The Morgan fingerprint density at radius 2 is 2.29 bits per heavy atom. The molecular weight excluding hydrogens is 214 g/mol. The van der Waals surface area contributed by atoms with E-state index in [0.29, 0.717) is 6.04 Å². The average Bonchev–Trinajstić information content (AvgIpc) is 2.78. The smallest absolute Gasteiger partial charge is 0.159 e. The van der Waals surface area contributed by atoms with E-state index in [1.54, 1.807) is 19.2 Å². The summed E-state index contributed by atoms with van der Waals surface area (Å²) < 4.78 is 0. The van der Waals surface area contributed by atoms with Gasteiger partial charge in [0.25, 0.3) is 0 Å². The Bertz CT molecular complexity index is 417. The highest BCUT2D eigenvalue weighted by atomic mass is 16.1. The highest BCUT2D eigenvalue weighted by molar-refractivity contribution is 5.94. The molecule has 0 N–H and O–H groups in total. The summed E-state index contributed by atoms with van der Waals surface area (Å²) in [7, 11) is 4.21. The number of carbonyl (C=O) groups is 1. The van der Waals surface area contributed by atoms with Gasteiger partial charge in [0.1, 0.15) is 5.82 Å². The fourth-order valence-corrected chi connectivity index (χ4v) is 2.18. The van der Waals surface area contributed by atoms with Crippen molar-refractivity contribution in [3.05, 3.63) is 23.9 Å². The number of aromatic nitrogens is 1. The lowest BCUT2D eigenvalue weighted by Crippen LogP contribution is -2.31. The molecule has 0 aliphatic carbocycles. The molecule has 4 nitrogen and oxygen atoms in total. The summed E-state index contributed by atoms with van der Waals surface area (Å²) in [5.41, 5.74) is 0.739. The third kappa shape index (κ3) is 2.64. The van der Waals surface area contributed by atoms with E-state index in [-0.39, 0.29) is 5.78 Å². The molecular formula is C13H19N3O. The molecule has 1 saturated heterocycles. The average molecular weight is 233 g/mol. The van der Waals surface area contributed by atoms with Crippen molar-refractivity contribution in [2.45, 2.75) is 19.4 Å². The molecule has 1 aliphatic heterocycles. The van der Waals surface area contributed by atoms with E-state index in [0.717, 1.165) is 30.9 Å². The Morgan fingerprint density at radius 1 is 1.53 bits per heavy atom. The van der Waals surface area contributed by atoms with Crippen LogP contribution in [0.15, 0.2) is 18.3 Å². The second-order valence-electron chi connectivity index (χ2n) is 4.81. The quantitative estimate of drug-likeness (QED) is 0.740. The fourth-order valence-electron chi connectivity index (χ4n) is 2.18. The number of ketones is 1. The molecule has 1 aromatic rings. The topological polar surface area (TPSA) is 36.4 Å². The van der Waals surface area contributed by atoms with Gasteiger partial charge in [0, 0.05) is 30.9 Å². The largest absolute Gasteiger partial charge is 0.355 e. The predicted molar refractivity (Wildman–Crippen MR) is 68.5 cm³/mol. The van der Waals surface area contributed by atoms with Crippen molar-refractivity contribution in [3.8, 4) is 0 Å². The number of pyridine rings is 1. The zero-order chi connectivity index (χ0) is 12.4. The molecule has 17 heavy (non-hydrogen) atoms. The van der Waals surface area contributed by atoms with Crippen molar-refractivity contribution in [2.75, 3.05) is 32.1 Å². The third-order valence-corrected chi connectivity index (χ3v) is 3.37. The fraction of sp³-hybridized carbons (Fsp3) is 0.538. The minimum atomic E-state index is 0.0945. The lowest BCUT2D eigenvalue weighted by molar-refractivity contribution is 0.101. The van der Waals surface area contributed by atoms with Gasteiger partial charge in [-0.15, -0.1) is 0 Å². The van der Waals surface area contributed by atoms with Crippen LogP contribution in [0, 0.1) is 0 Å². The Balaban J connectivity index is 2.13. The van der Waals surface area contributed by atoms with Gasteiger partial charge in [-0.2, -0.15) is 0 Å². The maximum absolute atomic E-state index is 11.3. The molecule has 2 heterocycles. The SMILES string of the molecule is CC(=O)c1ccnc(N2CCC(N(C)C)C2)c1. The van der Waals surface area contributed by atoms with E-state index >= 15 is 0 Å². The zero-order valence-corrected chi connectivity index (χ0v) is 10.7. The summed E-state index contributed by atoms with van der Waals surface area (Å²) >= 11 is 0. The first-order valence-electron chi connectivity index (χ1n) is 5.96. The molecule has 1 aliphatic rings. The van der Waals surface area contributed by atoms with Crippen molar-refractivity contribution in [2.24, 2.45) is 0 Å². The summed E-state index contributed by atoms with van der Waals surface area (Å²) in [4.78, 5) is 20.2. The van der Waals surface area contributed by atoms with Crippen LogP contribution in [0.25, 0.3) is 0 Å². The first-order valence-corrected chi connectivity index (χ1v) is 5.96. The van der Waals surface area contributed by atoms with Gasteiger partial charge in [-0.05, 0) is 39.6 Å². The predicted octanol–water partition coefficient (Wildman–Crippen LogP) is 1.42. The van der Waals surface area contributed by atoms with Gasteiger partial charge in [0.2, 0.25) is 0 Å². The number of nitrogens with zero attached hydrogens (tertiary/aromatic N) is 3. The summed E-state index contributed by atoms with van der Waals surface area (Å²) in [6.45, 7) is 3.59. The molecule has 92 valence electrons. The van der Waals surface area contributed by atoms with Gasteiger partial charge in [-0.1, -0.05) is 0 Å². The first kappa shape index (κ1) is 12.0. The maximum Gasteiger partial charge on any atom is 0.159 e. The monoisotopic (exact) mass is 233 g/mol. The Kier molecular flexibility index (Phi) is 3.43. The molecule has 0 radical (unpaired) electrons. The van der Waals surface area contributed by atoms with E-state index in [4.69, 9.17) is 0 Å². The van der Waals surface area contributed by atoms with Crippen molar-refractivity contribution in [3.63, 3.8) is 0 Å². The Hall–Kier alpha value is -1.42. The number of likely N-dealkylation sites (N-methyl/N-ethyl adjacent to an activating group) is 1. The van der Waals surface area contributed by atoms with Crippen LogP contribution in [0.4, 0.5) is 5.82 Å². The van der Waals surface area contributed by atoms with E-state index in [9.17, 15) is 4.79 Å². The van der Waals surface area contributed by atoms with Gasteiger partial charge in [0.15, 0.2) is 5.78 Å². The second kappa shape index (κ2) is 4.84. The number of rotatable bonds is 3. The molecule has 0 saturated carbocycles. The molecule has 1 unspecified atom stereocenters.